The number of nitrogens with zero attached hydrogens (tertiary/aromatic N) is 5. The van der Waals surface area contributed by atoms with E-state index in [2.05, 4.69) is 15.0 Å². The van der Waals surface area contributed by atoms with Crippen molar-refractivity contribution in [2.75, 3.05) is 13.1 Å². The lowest BCUT2D eigenvalue weighted by Gasteiger charge is -2.33. The summed E-state index contributed by atoms with van der Waals surface area (Å²) in [4.78, 5) is 26.4. The number of hydrogen-bond donors (Lipinski definition) is 0. The molecule has 3 heterocycles. The van der Waals surface area contributed by atoms with Gasteiger partial charge in [-0.15, -0.1) is 0 Å². The largest absolute Gasteiger partial charge is 0.444 e. The Labute approximate surface area is 139 Å². The number of halogens is 1. The Kier molecular flexibility index (Phi) is 4.14. The zero-order valence-corrected chi connectivity index (χ0v) is 14.2. The van der Waals surface area contributed by atoms with E-state index in [4.69, 9.17) is 16.3 Å². The molecule has 23 heavy (non-hydrogen) atoms. The highest BCUT2D eigenvalue weighted by Crippen LogP contribution is 2.28. The highest BCUT2D eigenvalue weighted by Gasteiger charge is 2.28. The van der Waals surface area contributed by atoms with Crippen molar-refractivity contribution in [2.45, 2.75) is 45.3 Å². The fourth-order valence-corrected chi connectivity index (χ4v) is 2.92. The summed E-state index contributed by atoms with van der Waals surface area (Å²) in [7, 11) is 0. The summed E-state index contributed by atoms with van der Waals surface area (Å²) < 4.78 is 7.44. The molecule has 0 aromatic carbocycles. The number of ether oxygens (including phenoxy) is 1. The molecule has 1 saturated heterocycles. The summed E-state index contributed by atoms with van der Waals surface area (Å²) in [5.41, 5.74) is 0.881. The molecule has 0 aliphatic carbocycles. The van der Waals surface area contributed by atoms with Crippen LogP contribution in [0, 0.1) is 0 Å². The second-order valence-corrected chi connectivity index (χ2v) is 7.05. The summed E-state index contributed by atoms with van der Waals surface area (Å²) in [6.07, 6.45) is 4.59. The van der Waals surface area contributed by atoms with E-state index in [1.807, 2.05) is 25.3 Å². The Morgan fingerprint density at radius 2 is 1.96 bits per heavy atom. The average molecular weight is 338 g/mol. The summed E-state index contributed by atoms with van der Waals surface area (Å²) in [6, 6.07) is 0.240. The molecule has 0 atom stereocenters. The third-order valence-electron chi connectivity index (χ3n) is 3.82. The van der Waals surface area contributed by atoms with Crippen LogP contribution < -0.4 is 0 Å². The van der Waals surface area contributed by atoms with Crippen LogP contribution >= 0.6 is 11.6 Å². The Morgan fingerprint density at radius 3 is 2.61 bits per heavy atom. The van der Waals surface area contributed by atoms with E-state index in [0.717, 1.165) is 18.5 Å². The number of piperidine rings is 1. The van der Waals surface area contributed by atoms with Gasteiger partial charge in [0.1, 0.15) is 17.4 Å². The zero-order valence-electron chi connectivity index (χ0n) is 13.5. The number of amides is 1. The summed E-state index contributed by atoms with van der Waals surface area (Å²) in [5, 5.41) is 0.361. The normalized spacial score (nSPS) is 16.8. The summed E-state index contributed by atoms with van der Waals surface area (Å²) >= 11 is 6.04. The Hall–Kier alpha value is -1.89. The molecule has 0 N–H and O–H groups in total. The van der Waals surface area contributed by atoms with Gasteiger partial charge >= 0.3 is 6.09 Å². The monoisotopic (exact) mass is 337 g/mol. The van der Waals surface area contributed by atoms with Crippen LogP contribution in [-0.2, 0) is 4.74 Å². The van der Waals surface area contributed by atoms with Gasteiger partial charge in [0, 0.05) is 19.1 Å². The third-order valence-corrected chi connectivity index (χ3v) is 4.10. The van der Waals surface area contributed by atoms with E-state index >= 15 is 0 Å². The number of carbonyl (C=O) groups excluding carboxylic acids is 1. The highest BCUT2D eigenvalue weighted by molar-refractivity contribution is 6.33. The second-order valence-electron chi connectivity index (χ2n) is 6.69. The first-order chi connectivity index (χ1) is 10.8. The Balaban J connectivity index is 1.69. The molecule has 3 rings (SSSR count). The fraction of sp³-hybridized carbons (Fsp3) is 0.600. The maximum Gasteiger partial charge on any atom is 0.410 e. The van der Waals surface area contributed by atoms with Crippen LogP contribution in [0.15, 0.2) is 12.7 Å². The first-order valence-electron chi connectivity index (χ1n) is 7.66. The van der Waals surface area contributed by atoms with Crippen molar-refractivity contribution < 1.29 is 9.53 Å². The van der Waals surface area contributed by atoms with Gasteiger partial charge in [0.15, 0.2) is 10.8 Å². The van der Waals surface area contributed by atoms with Crippen LogP contribution in [0.5, 0.6) is 0 Å². The van der Waals surface area contributed by atoms with Crippen LogP contribution in [0.2, 0.25) is 5.15 Å². The molecule has 7 nitrogen and oxygen atoms in total. The number of imidazole rings is 1. The molecule has 124 valence electrons. The van der Waals surface area contributed by atoms with E-state index in [-0.39, 0.29) is 12.1 Å². The van der Waals surface area contributed by atoms with Gasteiger partial charge in [-0.05, 0) is 33.6 Å². The summed E-state index contributed by atoms with van der Waals surface area (Å²) in [5.74, 6) is 0. The number of aromatic nitrogens is 4. The van der Waals surface area contributed by atoms with Crippen LogP contribution in [-0.4, -0.2) is 49.2 Å². The lowest BCUT2D eigenvalue weighted by molar-refractivity contribution is 0.0189. The molecular formula is C15H20ClN5O2. The number of carbonyl (C=O) groups is 1. The predicted octanol–water partition coefficient (Wildman–Crippen LogP) is 3.05. The van der Waals surface area contributed by atoms with Crippen molar-refractivity contribution in [2.24, 2.45) is 0 Å². The fourth-order valence-electron chi connectivity index (χ4n) is 2.74. The molecule has 0 radical (unpaired) electrons. The van der Waals surface area contributed by atoms with Gasteiger partial charge in [-0.25, -0.2) is 19.7 Å². The molecule has 1 fully saturated rings. The van der Waals surface area contributed by atoms with E-state index in [1.54, 1.807) is 11.2 Å². The number of rotatable bonds is 1. The Bertz CT molecular complexity index is 716. The number of likely N-dealkylation sites (tertiary alicyclic amines) is 1. The standard InChI is InChI=1S/C15H20ClN5O2/c1-15(2,3)23-14(22)20-6-4-10(5-7-20)21-9-19-11-12(16)17-8-18-13(11)21/h8-10H,4-7H2,1-3H3. The quantitative estimate of drug-likeness (QED) is 0.748. The van der Waals surface area contributed by atoms with E-state index in [9.17, 15) is 4.79 Å². The molecule has 0 unspecified atom stereocenters. The van der Waals surface area contributed by atoms with Crippen LogP contribution in [0.1, 0.15) is 39.7 Å². The van der Waals surface area contributed by atoms with E-state index in [0.29, 0.717) is 23.8 Å². The minimum Gasteiger partial charge on any atom is -0.444 e. The van der Waals surface area contributed by atoms with Gasteiger partial charge < -0.3 is 14.2 Å². The van der Waals surface area contributed by atoms with Gasteiger partial charge in [0.2, 0.25) is 0 Å². The highest BCUT2D eigenvalue weighted by atomic mass is 35.5. The molecule has 1 aliphatic rings. The molecule has 0 bridgehead atoms. The van der Waals surface area contributed by atoms with Gasteiger partial charge in [-0.1, -0.05) is 11.6 Å². The first-order valence-corrected chi connectivity index (χ1v) is 8.04. The lowest BCUT2D eigenvalue weighted by Crippen LogP contribution is -2.42. The van der Waals surface area contributed by atoms with Crippen LogP contribution in [0.25, 0.3) is 11.2 Å². The van der Waals surface area contributed by atoms with Gasteiger partial charge in [0.05, 0.1) is 6.33 Å². The minimum absolute atomic E-state index is 0.240. The lowest BCUT2D eigenvalue weighted by atomic mass is 10.1. The van der Waals surface area contributed by atoms with E-state index in [1.165, 1.54) is 6.33 Å². The van der Waals surface area contributed by atoms with Crippen molar-refractivity contribution in [3.63, 3.8) is 0 Å². The molecule has 0 spiro atoms. The van der Waals surface area contributed by atoms with Crippen molar-refractivity contribution in [3.8, 4) is 0 Å². The molecule has 0 saturated carbocycles. The van der Waals surface area contributed by atoms with Gasteiger partial charge in [-0.3, -0.25) is 0 Å². The number of hydrogen-bond acceptors (Lipinski definition) is 5. The molecule has 2 aromatic heterocycles. The topological polar surface area (TPSA) is 73.1 Å². The van der Waals surface area contributed by atoms with Crippen LogP contribution in [0.3, 0.4) is 0 Å². The van der Waals surface area contributed by atoms with Crippen molar-refractivity contribution >= 4 is 28.9 Å². The molecule has 2 aromatic rings. The maximum absolute atomic E-state index is 12.1. The first kappa shape index (κ1) is 16.0. The van der Waals surface area contributed by atoms with Crippen molar-refractivity contribution in [1.29, 1.82) is 0 Å². The smallest absolute Gasteiger partial charge is 0.410 e. The predicted molar refractivity (Wildman–Crippen MR) is 86.4 cm³/mol. The molecular weight excluding hydrogens is 318 g/mol. The second kappa shape index (κ2) is 5.96. The SMILES string of the molecule is CC(C)(C)OC(=O)N1CCC(n2cnc3c(Cl)ncnc32)CC1. The summed E-state index contributed by atoms with van der Waals surface area (Å²) in [6.45, 7) is 6.92. The average Bonchev–Trinajstić information content (AvgIpc) is 2.91. The van der Waals surface area contributed by atoms with Gasteiger partial charge in [0.25, 0.3) is 0 Å². The number of fused-ring (bicyclic) bond motifs is 1. The molecule has 1 amide bonds. The zero-order chi connectivity index (χ0) is 16.6. The van der Waals surface area contributed by atoms with E-state index < -0.39 is 5.60 Å². The van der Waals surface area contributed by atoms with Crippen molar-refractivity contribution in [3.05, 3.63) is 17.8 Å². The van der Waals surface area contributed by atoms with Gasteiger partial charge in [-0.2, -0.15) is 0 Å². The van der Waals surface area contributed by atoms with Crippen LogP contribution in [0.4, 0.5) is 4.79 Å². The van der Waals surface area contributed by atoms with Crippen molar-refractivity contribution in [1.82, 2.24) is 24.4 Å². The molecule has 8 heteroatoms. The third kappa shape index (κ3) is 3.39. The minimum atomic E-state index is -0.470. The Morgan fingerprint density at radius 1 is 1.26 bits per heavy atom. The maximum atomic E-state index is 12.1. The molecule has 1 aliphatic heterocycles.